The van der Waals surface area contributed by atoms with E-state index in [4.69, 9.17) is 0 Å². The molecule has 0 aliphatic carbocycles. The molecule has 0 nitrogen and oxygen atoms in total. The summed E-state index contributed by atoms with van der Waals surface area (Å²) in [6, 6.07) is 29.3. The van der Waals surface area contributed by atoms with Crippen molar-refractivity contribution in [2.24, 2.45) is 0 Å². The summed E-state index contributed by atoms with van der Waals surface area (Å²) in [6.07, 6.45) is 12.8. The molecule has 0 aliphatic heterocycles. The molecule has 0 N–H and O–H groups in total. The molecule has 1 heteroatoms. The normalized spacial score (nSPS) is 9.94. The maximum Gasteiger partial charge on any atom is 4.00 e. The van der Waals surface area contributed by atoms with Gasteiger partial charge in [-0.05, 0) is 0 Å². The Hall–Kier alpha value is -1.46. The smallest absolute Gasteiger partial charge is 0.358 e. The standard InChI is InChI=1S/C13H27.2C9H7.CH3.Zr/c1-4-5-6-7-8-9-10-11-12-13(2)3;2*1-2-5-9-7-3-6-8(9)4-1;;/h4-12H2,1-3H3;2*1-7H;1H3;/q4*-1;+4. The second-order valence-electron chi connectivity index (χ2n) is 8.74. The van der Waals surface area contributed by atoms with E-state index >= 15 is 0 Å². The zero-order valence-corrected chi connectivity index (χ0v) is 23.9. The van der Waals surface area contributed by atoms with Crippen molar-refractivity contribution in [1.82, 2.24) is 0 Å². The molecule has 0 unspecified atom stereocenters. The van der Waals surface area contributed by atoms with Gasteiger partial charge in [-0.2, -0.15) is 55.3 Å². The molecule has 33 heavy (non-hydrogen) atoms. The summed E-state index contributed by atoms with van der Waals surface area (Å²) in [6.45, 7) is 6.75. The topological polar surface area (TPSA) is 0 Å². The third kappa shape index (κ3) is 13.7. The predicted molar refractivity (Wildman–Crippen MR) is 147 cm³/mol. The second-order valence-corrected chi connectivity index (χ2v) is 8.74. The Bertz CT molecular complexity index is 801. The third-order valence-corrected chi connectivity index (χ3v) is 5.63. The van der Waals surface area contributed by atoms with Crippen molar-refractivity contribution in [1.29, 1.82) is 0 Å². The van der Waals surface area contributed by atoms with Crippen LogP contribution >= 0.6 is 0 Å². The zero-order chi connectivity index (χ0) is 22.2. The van der Waals surface area contributed by atoms with Gasteiger partial charge < -0.3 is 13.3 Å². The van der Waals surface area contributed by atoms with Crippen LogP contribution in [0.4, 0.5) is 0 Å². The van der Waals surface area contributed by atoms with Crippen molar-refractivity contribution >= 4 is 21.5 Å². The summed E-state index contributed by atoms with van der Waals surface area (Å²) in [5, 5.41) is 5.32. The molecule has 0 saturated heterocycles. The SMILES string of the molecule is CCCCCCCCCC[C-](C)C.[CH3-].[Zr+4].c1ccc2[cH-]ccc2c1.c1ccc2[cH-]ccc2c1. The quantitative estimate of drug-likeness (QED) is 0.152. The Balaban J connectivity index is 0.000000459. The Morgan fingerprint density at radius 1 is 0.606 bits per heavy atom. The van der Waals surface area contributed by atoms with E-state index in [-0.39, 0.29) is 33.6 Å². The summed E-state index contributed by atoms with van der Waals surface area (Å²) in [5.74, 6) is 1.59. The van der Waals surface area contributed by atoms with Crippen molar-refractivity contribution in [3.05, 3.63) is 98.3 Å². The van der Waals surface area contributed by atoms with Crippen LogP contribution in [-0.4, -0.2) is 0 Å². The fourth-order valence-corrected chi connectivity index (χ4v) is 3.75. The second kappa shape index (κ2) is 20.0. The molecule has 0 heterocycles. The largest absolute Gasteiger partial charge is 4.00 e. The fourth-order valence-electron chi connectivity index (χ4n) is 3.75. The van der Waals surface area contributed by atoms with Gasteiger partial charge in [0.05, 0.1) is 0 Å². The van der Waals surface area contributed by atoms with Gasteiger partial charge in [0.1, 0.15) is 0 Å². The third-order valence-electron chi connectivity index (χ3n) is 5.63. The monoisotopic (exact) mass is 518 g/mol. The van der Waals surface area contributed by atoms with Gasteiger partial charge in [0, 0.05) is 0 Å². The molecule has 0 bridgehead atoms. The summed E-state index contributed by atoms with van der Waals surface area (Å²) < 4.78 is 0. The van der Waals surface area contributed by atoms with E-state index in [1.807, 2.05) is 0 Å². The van der Waals surface area contributed by atoms with Crippen LogP contribution in [0.5, 0.6) is 0 Å². The molecule has 0 aromatic heterocycles. The van der Waals surface area contributed by atoms with Crippen molar-refractivity contribution < 1.29 is 26.2 Å². The molecular formula is C32H44Zr. The molecule has 0 saturated carbocycles. The van der Waals surface area contributed by atoms with Crippen molar-refractivity contribution in [3.8, 4) is 0 Å². The van der Waals surface area contributed by atoms with Gasteiger partial charge in [-0.1, -0.05) is 70.4 Å². The molecule has 0 spiro atoms. The number of benzene rings is 2. The van der Waals surface area contributed by atoms with E-state index in [2.05, 4.69) is 106 Å². The first-order valence-corrected chi connectivity index (χ1v) is 12.2. The first kappa shape index (κ1) is 31.5. The van der Waals surface area contributed by atoms with E-state index < -0.39 is 0 Å². The van der Waals surface area contributed by atoms with Crippen LogP contribution in [0.15, 0.2) is 84.9 Å². The average molecular weight is 520 g/mol. The summed E-state index contributed by atoms with van der Waals surface area (Å²) in [7, 11) is 0. The van der Waals surface area contributed by atoms with Crippen LogP contribution < -0.4 is 0 Å². The van der Waals surface area contributed by atoms with Crippen LogP contribution in [0.3, 0.4) is 0 Å². The van der Waals surface area contributed by atoms with Crippen molar-refractivity contribution in [2.45, 2.75) is 78.6 Å². The maximum absolute atomic E-state index is 2.28. The Morgan fingerprint density at radius 2 is 1.03 bits per heavy atom. The minimum atomic E-state index is 0. The van der Waals surface area contributed by atoms with Crippen LogP contribution in [0.1, 0.15) is 78.6 Å². The number of fused-ring (bicyclic) bond motifs is 2. The summed E-state index contributed by atoms with van der Waals surface area (Å²) >= 11 is 0. The zero-order valence-electron chi connectivity index (χ0n) is 21.4. The Kier molecular flexibility index (Phi) is 19.1. The molecule has 4 aromatic rings. The van der Waals surface area contributed by atoms with E-state index in [1.165, 1.54) is 79.3 Å². The van der Waals surface area contributed by atoms with Gasteiger partial charge in [0.25, 0.3) is 0 Å². The van der Waals surface area contributed by atoms with Crippen LogP contribution in [0.25, 0.3) is 21.5 Å². The molecule has 0 amide bonds. The number of hydrogen-bond acceptors (Lipinski definition) is 0. The maximum atomic E-state index is 2.28. The van der Waals surface area contributed by atoms with E-state index in [9.17, 15) is 0 Å². The molecule has 0 fully saturated rings. The molecule has 4 aromatic carbocycles. The number of rotatable bonds is 9. The van der Waals surface area contributed by atoms with Gasteiger partial charge in [0.15, 0.2) is 0 Å². The molecule has 0 aliphatic rings. The first-order valence-electron chi connectivity index (χ1n) is 12.2. The number of unbranched alkanes of at least 4 members (excludes halogenated alkanes) is 7. The Morgan fingerprint density at radius 3 is 1.45 bits per heavy atom. The van der Waals surface area contributed by atoms with Crippen molar-refractivity contribution in [2.75, 3.05) is 0 Å². The molecule has 176 valence electrons. The van der Waals surface area contributed by atoms with Gasteiger partial charge >= 0.3 is 26.2 Å². The number of hydrogen-bond donors (Lipinski definition) is 0. The van der Waals surface area contributed by atoms with E-state index in [0.29, 0.717) is 0 Å². The van der Waals surface area contributed by atoms with Gasteiger partial charge in [-0.3, -0.25) is 0 Å². The average Bonchev–Trinajstić information content (AvgIpc) is 3.45. The first-order chi connectivity index (χ1) is 15.2. The van der Waals surface area contributed by atoms with Crippen LogP contribution in [-0.2, 0) is 26.2 Å². The van der Waals surface area contributed by atoms with E-state index in [0.717, 1.165) is 0 Å². The molecular weight excluding hydrogens is 476 g/mol. The van der Waals surface area contributed by atoms with Gasteiger partial charge in [-0.15, -0.1) is 59.3 Å². The van der Waals surface area contributed by atoms with Crippen LogP contribution in [0, 0.1) is 13.3 Å². The Labute approximate surface area is 223 Å². The van der Waals surface area contributed by atoms with Crippen molar-refractivity contribution in [3.63, 3.8) is 0 Å². The van der Waals surface area contributed by atoms with Gasteiger partial charge in [-0.25, -0.2) is 0 Å². The summed E-state index contributed by atoms with van der Waals surface area (Å²) in [4.78, 5) is 0. The van der Waals surface area contributed by atoms with Gasteiger partial charge in [0.2, 0.25) is 0 Å². The molecule has 4 rings (SSSR count). The predicted octanol–water partition coefficient (Wildman–Crippen LogP) is 10.7. The van der Waals surface area contributed by atoms with Crippen LogP contribution in [0.2, 0.25) is 0 Å². The molecule has 0 atom stereocenters. The minimum Gasteiger partial charge on any atom is -0.358 e. The fraction of sp³-hybridized carbons (Fsp3) is 0.375. The summed E-state index contributed by atoms with van der Waals surface area (Å²) in [5.41, 5.74) is 0. The van der Waals surface area contributed by atoms with E-state index in [1.54, 1.807) is 5.92 Å². The molecule has 0 radical (unpaired) electrons. The minimum absolute atomic E-state index is 0.